The lowest BCUT2D eigenvalue weighted by Crippen LogP contribution is -2.33. The summed E-state index contributed by atoms with van der Waals surface area (Å²) in [7, 11) is -1.45. The molecule has 1 fully saturated rings. The number of nitrogens with zero attached hydrogens (tertiary/aromatic N) is 1. The fourth-order valence-corrected chi connectivity index (χ4v) is 3.10. The van der Waals surface area contributed by atoms with E-state index in [1.165, 1.54) is 4.31 Å². The van der Waals surface area contributed by atoms with Crippen molar-refractivity contribution in [1.82, 2.24) is 4.31 Å². The quantitative estimate of drug-likeness (QED) is 0.662. The highest BCUT2D eigenvalue weighted by Crippen LogP contribution is 2.30. The van der Waals surface area contributed by atoms with Crippen molar-refractivity contribution in [2.24, 2.45) is 5.92 Å². The Balaban J connectivity index is 2.46. The Labute approximate surface area is 85.1 Å². The Morgan fingerprint density at radius 2 is 2.08 bits per heavy atom. The normalized spacial score (nSPS) is 20.6. The first kappa shape index (κ1) is 11.3. The average molecular weight is 226 g/mol. The van der Waals surface area contributed by atoms with Crippen LogP contribution in [0.15, 0.2) is 0 Å². The van der Waals surface area contributed by atoms with Crippen molar-refractivity contribution in [2.45, 2.75) is 25.1 Å². The summed E-state index contributed by atoms with van der Waals surface area (Å²) in [6.45, 7) is 2.20. The second-order valence-electron chi connectivity index (χ2n) is 3.78. The van der Waals surface area contributed by atoms with Gasteiger partial charge in [-0.3, -0.25) is 0 Å². The predicted octanol–water partition coefficient (Wildman–Crippen LogP) is 1.29. The lowest BCUT2D eigenvalue weighted by atomic mass is 10.5. The van der Waals surface area contributed by atoms with Crippen LogP contribution in [-0.2, 0) is 10.0 Å². The van der Waals surface area contributed by atoms with Crippen molar-refractivity contribution in [2.75, 3.05) is 19.3 Å². The second kappa shape index (κ2) is 4.15. The van der Waals surface area contributed by atoms with Crippen LogP contribution < -0.4 is 0 Å². The van der Waals surface area contributed by atoms with E-state index in [-0.39, 0.29) is 5.38 Å². The molecule has 0 aromatic rings. The van der Waals surface area contributed by atoms with E-state index in [4.69, 9.17) is 11.6 Å². The van der Waals surface area contributed by atoms with Gasteiger partial charge in [-0.05, 0) is 25.7 Å². The Morgan fingerprint density at radius 3 is 2.46 bits per heavy atom. The minimum atomic E-state index is -3.04. The zero-order valence-electron chi connectivity index (χ0n) is 8.03. The zero-order chi connectivity index (χ0) is 10.1. The van der Waals surface area contributed by atoms with Crippen LogP contribution in [0, 0.1) is 5.92 Å². The number of hydrogen-bond acceptors (Lipinski definition) is 2. The molecular weight excluding hydrogens is 210 g/mol. The third-order valence-corrected chi connectivity index (χ3v) is 4.26. The van der Waals surface area contributed by atoms with E-state index in [0.717, 1.165) is 12.8 Å². The number of halogens is 1. The van der Waals surface area contributed by atoms with Gasteiger partial charge in [0.25, 0.3) is 0 Å². The highest BCUT2D eigenvalue weighted by atomic mass is 35.5. The molecule has 1 rings (SSSR count). The van der Waals surface area contributed by atoms with E-state index < -0.39 is 10.0 Å². The molecule has 0 heterocycles. The molecule has 1 saturated carbocycles. The van der Waals surface area contributed by atoms with Crippen molar-refractivity contribution in [3.8, 4) is 0 Å². The topological polar surface area (TPSA) is 37.4 Å². The Bertz CT molecular complexity index is 259. The maximum Gasteiger partial charge on any atom is 0.214 e. The van der Waals surface area contributed by atoms with Crippen molar-refractivity contribution < 1.29 is 8.42 Å². The van der Waals surface area contributed by atoms with Gasteiger partial charge in [0.2, 0.25) is 10.0 Å². The van der Waals surface area contributed by atoms with Gasteiger partial charge in [0.05, 0.1) is 5.75 Å². The van der Waals surface area contributed by atoms with Crippen molar-refractivity contribution in [3.05, 3.63) is 0 Å². The summed E-state index contributed by atoms with van der Waals surface area (Å²) < 4.78 is 24.5. The lowest BCUT2D eigenvalue weighted by Gasteiger charge is -2.17. The monoisotopic (exact) mass is 225 g/mol. The Hall–Kier alpha value is 0.200. The summed E-state index contributed by atoms with van der Waals surface area (Å²) >= 11 is 5.72. The largest absolute Gasteiger partial charge is 0.214 e. The van der Waals surface area contributed by atoms with Crippen LogP contribution in [0.5, 0.6) is 0 Å². The fourth-order valence-electron chi connectivity index (χ4n) is 1.18. The molecule has 5 heteroatoms. The lowest BCUT2D eigenvalue weighted by molar-refractivity contribution is 0.468. The Morgan fingerprint density at radius 1 is 1.54 bits per heavy atom. The minimum Gasteiger partial charge on any atom is -0.212 e. The summed E-state index contributed by atoms with van der Waals surface area (Å²) in [4.78, 5) is 0. The van der Waals surface area contributed by atoms with Gasteiger partial charge in [0.15, 0.2) is 0 Å². The van der Waals surface area contributed by atoms with E-state index in [9.17, 15) is 8.42 Å². The molecule has 0 spiro atoms. The van der Waals surface area contributed by atoms with E-state index in [1.807, 2.05) is 0 Å². The number of hydrogen-bond donors (Lipinski definition) is 0. The summed E-state index contributed by atoms with van der Waals surface area (Å²) in [6.07, 6.45) is 2.12. The maximum atomic E-state index is 11.6. The molecule has 1 aliphatic rings. The van der Waals surface area contributed by atoms with Gasteiger partial charge in [0.1, 0.15) is 0 Å². The molecule has 0 N–H and O–H groups in total. The zero-order valence-corrected chi connectivity index (χ0v) is 9.61. The molecule has 78 valence electrons. The predicted molar refractivity (Wildman–Crippen MR) is 54.5 cm³/mol. The van der Waals surface area contributed by atoms with Crippen molar-refractivity contribution in [1.29, 1.82) is 0 Å². The molecule has 0 aliphatic heterocycles. The molecule has 1 atom stereocenters. The highest BCUT2D eigenvalue weighted by Gasteiger charge is 2.30. The highest BCUT2D eigenvalue weighted by molar-refractivity contribution is 7.89. The smallest absolute Gasteiger partial charge is 0.212 e. The van der Waals surface area contributed by atoms with Crippen LogP contribution in [-0.4, -0.2) is 37.4 Å². The van der Waals surface area contributed by atoms with Crippen LogP contribution in [0.1, 0.15) is 19.8 Å². The van der Waals surface area contributed by atoms with Gasteiger partial charge in [-0.2, -0.15) is 0 Å². The first-order chi connectivity index (χ1) is 5.92. The van der Waals surface area contributed by atoms with Gasteiger partial charge in [0, 0.05) is 19.0 Å². The molecule has 1 aliphatic carbocycles. The van der Waals surface area contributed by atoms with Crippen molar-refractivity contribution in [3.63, 3.8) is 0 Å². The molecule has 0 aromatic heterocycles. The first-order valence-corrected chi connectivity index (χ1v) is 6.54. The standard InChI is InChI=1S/C8H16ClNO2S/c1-7(9)5-10(2)13(11,12)6-8-3-4-8/h7-8H,3-6H2,1-2H3. The van der Waals surface area contributed by atoms with Gasteiger partial charge < -0.3 is 0 Å². The second-order valence-corrected chi connectivity index (χ2v) is 6.65. The molecular formula is C8H16ClNO2S. The maximum absolute atomic E-state index is 11.6. The van der Waals surface area contributed by atoms with Crippen molar-refractivity contribution >= 4 is 21.6 Å². The minimum absolute atomic E-state index is 0.126. The molecule has 0 saturated heterocycles. The van der Waals surface area contributed by atoms with Crippen LogP contribution in [0.25, 0.3) is 0 Å². The SMILES string of the molecule is CC(Cl)CN(C)S(=O)(=O)CC1CC1. The van der Waals surface area contributed by atoms with E-state index in [2.05, 4.69) is 0 Å². The van der Waals surface area contributed by atoms with E-state index >= 15 is 0 Å². The summed E-state index contributed by atoms with van der Waals surface area (Å²) in [5.74, 6) is 0.700. The van der Waals surface area contributed by atoms with E-state index in [1.54, 1.807) is 14.0 Å². The number of sulfonamides is 1. The third-order valence-electron chi connectivity index (χ3n) is 2.13. The van der Waals surface area contributed by atoms with Crippen LogP contribution in [0.3, 0.4) is 0 Å². The first-order valence-electron chi connectivity index (χ1n) is 4.50. The molecule has 3 nitrogen and oxygen atoms in total. The number of rotatable bonds is 5. The van der Waals surface area contributed by atoms with Gasteiger partial charge in [-0.15, -0.1) is 11.6 Å². The molecule has 0 radical (unpaired) electrons. The van der Waals surface area contributed by atoms with Gasteiger partial charge in [-0.1, -0.05) is 0 Å². The molecule has 0 amide bonds. The molecule has 13 heavy (non-hydrogen) atoms. The van der Waals surface area contributed by atoms with E-state index in [0.29, 0.717) is 18.2 Å². The summed E-state index contributed by atoms with van der Waals surface area (Å²) in [5.41, 5.74) is 0. The van der Waals surface area contributed by atoms with Crippen LogP contribution >= 0.6 is 11.6 Å². The summed E-state index contributed by atoms with van der Waals surface area (Å²) in [6, 6.07) is 0. The average Bonchev–Trinajstić information content (AvgIpc) is 2.69. The third kappa shape index (κ3) is 3.83. The Kier molecular flexibility index (Phi) is 3.60. The fraction of sp³-hybridized carbons (Fsp3) is 1.00. The van der Waals surface area contributed by atoms with Gasteiger partial charge in [-0.25, -0.2) is 12.7 Å². The molecule has 1 unspecified atom stereocenters. The van der Waals surface area contributed by atoms with Crippen LogP contribution in [0.2, 0.25) is 0 Å². The van der Waals surface area contributed by atoms with Crippen LogP contribution in [0.4, 0.5) is 0 Å². The van der Waals surface area contributed by atoms with Gasteiger partial charge >= 0.3 is 0 Å². The molecule has 0 bridgehead atoms. The number of alkyl halides is 1. The summed E-state index contributed by atoms with van der Waals surface area (Å²) in [5, 5.41) is -0.126. The molecule has 0 aromatic carbocycles.